The minimum atomic E-state index is -3.60. The number of nitrogens with one attached hydrogen (secondary N) is 1. The van der Waals surface area contributed by atoms with Crippen molar-refractivity contribution in [1.82, 2.24) is 3.97 Å². The molecule has 1 aromatic heterocycles. The number of nitro benzene ring substituents is 1. The first-order chi connectivity index (χ1) is 14.4. The van der Waals surface area contributed by atoms with Crippen LogP contribution in [0.15, 0.2) is 78.9 Å². The van der Waals surface area contributed by atoms with Crippen LogP contribution in [0.4, 0.5) is 11.5 Å². The molecular formula is C22H19N3O4S. The maximum Gasteiger partial charge on any atom is 0.269 e. The average molecular weight is 421 g/mol. The van der Waals surface area contributed by atoms with Crippen LogP contribution in [0.1, 0.15) is 5.56 Å². The third-order valence-electron chi connectivity index (χ3n) is 4.83. The summed E-state index contributed by atoms with van der Waals surface area (Å²) in [6.07, 6.45) is 1.17. The first-order valence-electron chi connectivity index (χ1n) is 9.23. The maximum atomic E-state index is 12.7. The van der Waals surface area contributed by atoms with Crippen molar-refractivity contribution in [2.24, 2.45) is 0 Å². The Hall–Kier alpha value is -3.65. The Bertz CT molecular complexity index is 1330. The summed E-state index contributed by atoms with van der Waals surface area (Å²) in [5, 5.41) is 14.9. The van der Waals surface area contributed by atoms with Crippen molar-refractivity contribution in [2.45, 2.75) is 6.54 Å². The van der Waals surface area contributed by atoms with Crippen LogP contribution < -0.4 is 5.32 Å². The monoisotopic (exact) mass is 421 g/mol. The lowest BCUT2D eigenvalue weighted by Gasteiger charge is -2.13. The highest BCUT2D eigenvalue weighted by Gasteiger charge is 2.23. The molecule has 3 aromatic carbocycles. The van der Waals surface area contributed by atoms with Gasteiger partial charge in [-0.25, -0.2) is 12.4 Å². The van der Waals surface area contributed by atoms with Crippen LogP contribution in [-0.2, 0) is 16.6 Å². The molecule has 4 rings (SSSR count). The predicted molar refractivity (Wildman–Crippen MR) is 118 cm³/mol. The van der Waals surface area contributed by atoms with Gasteiger partial charge in [-0.3, -0.25) is 10.1 Å². The van der Waals surface area contributed by atoms with E-state index in [4.69, 9.17) is 0 Å². The van der Waals surface area contributed by atoms with Crippen LogP contribution in [0.2, 0.25) is 0 Å². The number of benzene rings is 3. The molecule has 4 aromatic rings. The number of hydrogen-bond acceptors (Lipinski definition) is 5. The fourth-order valence-electron chi connectivity index (χ4n) is 3.53. The van der Waals surface area contributed by atoms with Crippen molar-refractivity contribution in [1.29, 1.82) is 0 Å². The molecule has 0 saturated carbocycles. The smallest absolute Gasteiger partial charge is 0.269 e. The molecule has 0 aliphatic heterocycles. The summed E-state index contributed by atoms with van der Waals surface area (Å²) >= 11 is 0. The Morgan fingerprint density at radius 1 is 0.933 bits per heavy atom. The predicted octanol–water partition coefficient (Wildman–Crippen LogP) is 4.64. The molecule has 0 saturated heterocycles. The number of rotatable bonds is 6. The van der Waals surface area contributed by atoms with Crippen LogP contribution in [0.3, 0.4) is 0 Å². The molecule has 1 N–H and O–H groups in total. The fourth-order valence-corrected chi connectivity index (χ4v) is 4.54. The van der Waals surface area contributed by atoms with Crippen LogP contribution in [0.25, 0.3) is 22.0 Å². The van der Waals surface area contributed by atoms with Gasteiger partial charge in [0.2, 0.25) is 10.0 Å². The summed E-state index contributed by atoms with van der Waals surface area (Å²) in [6, 6.07) is 23.1. The maximum absolute atomic E-state index is 12.7. The zero-order valence-corrected chi connectivity index (χ0v) is 17.0. The van der Waals surface area contributed by atoms with E-state index in [1.54, 1.807) is 24.3 Å². The van der Waals surface area contributed by atoms with E-state index in [0.29, 0.717) is 17.9 Å². The van der Waals surface area contributed by atoms with Crippen molar-refractivity contribution < 1.29 is 13.3 Å². The van der Waals surface area contributed by atoms with E-state index >= 15 is 0 Å². The van der Waals surface area contributed by atoms with Crippen LogP contribution in [0, 0.1) is 10.1 Å². The van der Waals surface area contributed by atoms with Crippen molar-refractivity contribution >= 4 is 32.4 Å². The Kier molecular flexibility index (Phi) is 5.01. The topological polar surface area (TPSA) is 94.2 Å². The summed E-state index contributed by atoms with van der Waals surface area (Å²) in [6.45, 7) is 0.309. The lowest BCUT2D eigenvalue weighted by molar-refractivity contribution is -0.384. The second kappa shape index (κ2) is 7.64. The second-order valence-electron chi connectivity index (χ2n) is 6.91. The van der Waals surface area contributed by atoms with Gasteiger partial charge in [0.25, 0.3) is 5.69 Å². The standard InChI is InChI=1S/C22H19N3O4S/c1-30(28,29)24-20-10-6-5-9-19(20)21(17-7-3-2-4-8-17)22(24)23-15-16-11-13-18(14-12-16)25(26)27/h2-14,23H,15H2,1H3. The summed E-state index contributed by atoms with van der Waals surface area (Å²) in [4.78, 5) is 10.4. The zero-order valence-electron chi connectivity index (χ0n) is 16.1. The quantitative estimate of drug-likeness (QED) is 0.362. The molecular weight excluding hydrogens is 402 g/mol. The summed E-state index contributed by atoms with van der Waals surface area (Å²) in [5.41, 5.74) is 3.07. The van der Waals surface area contributed by atoms with Gasteiger partial charge in [-0.15, -0.1) is 0 Å². The zero-order chi connectivity index (χ0) is 21.3. The molecule has 152 valence electrons. The number of fused-ring (bicyclic) bond motifs is 1. The number of hydrogen-bond donors (Lipinski definition) is 1. The number of anilines is 1. The molecule has 0 amide bonds. The lowest BCUT2D eigenvalue weighted by atomic mass is 10.0. The normalized spacial score (nSPS) is 11.5. The molecule has 0 bridgehead atoms. The molecule has 8 heteroatoms. The van der Waals surface area contributed by atoms with Gasteiger partial charge in [0, 0.05) is 29.6 Å². The summed E-state index contributed by atoms with van der Waals surface area (Å²) in [5.74, 6) is 0.461. The number of non-ortho nitro benzene ring substituents is 1. The first kappa shape index (κ1) is 19.7. The van der Waals surface area contributed by atoms with Gasteiger partial charge >= 0.3 is 0 Å². The molecule has 0 atom stereocenters. The highest BCUT2D eigenvalue weighted by atomic mass is 32.2. The molecule has 30 heavy (non-hydrogen) atoms. The van der Waals surface area contributed by atoms with E-state index in [2.05, 4.69) is 5.32 Å². The molecule has 7 nitrogen and oxygen atoms in total. The second-order valence-corrected chi connectivity index (χ2v) is 8.74. The van der Waals surface area contributed by atoms with Gasteiger partial charge in [-0.05, 0) is 17.2 Å². The average Bonchev–Trinajstić information content (AvgIpc) is 3.07. The van der Waals surface area contributed by atoms with E-state index in [1.165, 1.54) is 22.4 Å². The molecule has 1 heterocycles. The first-order valence-corrected chi connectivity index (χ1v) is 11.1. The number of nitro groups is 1. The van der Waals surface area contributed by atoms with Gasteiger partial charge in [-0.1, -0.05) is 60.7 Å². The van der Waals surface area contributed by atoms with E-state index < -0.39 is 14.9 Å². The lowest BCUT2D eigenvalue weighted by Crippen LogP contribution is -2.14. The van der Waals surface area contributed by atoms with Gasteiger partial charge in [0.15, 0.2) is 0 Å². The molecule has 0 aliphatic rings. The van der Waals surface area contributed by atoms with E-state index in [9.17, 15) is 18.5 Å². The number of para-hydroxylation sites is 1. The van der Waals surface area contributed by atoms with Crippen molar-refractivity contribution in [3.05, 3.63) is 94.5 Å². The van der Waals surface area contributed by atoms with Crippen molar-refractivity contribution in [2.75, 3.05) is 11.6 Å². The fraction of sp³-hybridized carbons (Fsp3) is 0.0909. The van der Waals surface area contributed by atoms with Crippen molar-refractivity contribution in [3.63, 3.8) is 0 Å². The summed E-state index contributed by atoms with van der Waals surface area (Å²) < 4.78 is 26.7. The Labute approximate surface area is 173 Å². The Morgan fingerprint density at radius 3 is 2.20 bits per heavy atom. The van der Waals surface area contributed by atoms with Gasteiger partial charge < -0.3 is 5.32 Å². The minimum Gasteiger partial charge on any atom is -0.366 e. The largest absolute Gasteiger partial charge is 0.366 e. The molecule has 0 spiro atoms. The highest BCUT2D eigenvalue weighted by molar-refractivity contribution is 7.89. The molecule has 0 radical (unpaired) electrons. The third-order valence-corrected chi connectivity index (χ3v) is 5.88. The van der Waals surface area contributed by atoms with E-state index in [-0.39, 0.29) is 5.69 Å². The van der Waals surface area contributed by atoms with Gasteiger partial charge in [0.1, 0.15) is 5.82 Å². The molecule has 0 aliphatic carbocycles. The Morgan fingerprint density at radius 2 is 1.57 bits per heavy atom. The SMILES string of the molecule is CS(=O)(=O)n1c(NCc2ccc([N+](=O)[O-])cc2)c(-c2ccccc2)c2ccccc21. The third kappa shape index (κ3) is 3.65. The van der Waals surface area contributed by atoms with E-state index in [1.807, 2.05) is 42.5 Å². The van der Waals surface area contributed by atoms with Gasteiger partial charge in [-0.2, -0.15) is 0 Å². The number of aromatic nitrogens is 1. The molecule has 0 unspecified atom stereocenters. The molecule has 0 fully saturated rings. The van der Waals surface area contributed by atoms with Crippen molar-refractivity contribution in [3.8, 4) is 11.1 Å². The number of nitrogens with zero attached hydrogens (tertiary/aromatic N) is 2. The van der Waals surface area contributed by atoms with Gasteiger partial charge in [0.05, 0.1) is 16.7 Å². The summed E-state index contributed by atoms with van der Waals surface area (Å²) in [7, 11) is -3.60. The van der Waals surface area contributed by atoms with Crippen LogP contribution >= 0.6 is 0 Å². The Balaban J connectivity index is 1.86. The minimum absolute atomic E-state index is 0.00831. The van der Waals surface area contributed by atoms with Crippen LogP contribution in [-0.4, -0.2) is 23.6 Å². The highest BCUT2D eigenvalue weighted by Crippen LogP contribution is 2.39. The van der Waals surface area contributed by atoms with Crippen LogP contribution in [0.5, 0.6) is 0 Å². The van der Waals surface area contributed by atoms with E-state index in [0.717, 1.165) is 22.1 Å².